The average Bonchev–Trinajstić information content (AvgIpc) is 2.99. The highest BCUT2D eigenvalue weighted by molar-refractivity contribution is 5.83. The van der Waals surface area contributed by atoms with Gasteiger partial charge in [-0.25, -0.2) is 19.0 Å². The van der Waals surface area contributed by atoms with Gasteiger partial charge in [0.15, 0.2) is 18.0 Å². The van der Waals surface area contributed by atoms with Crippen LogP contribution in [-0.2, 0) is 22.7 Å². The first-order valence-corrected chi connectivity index (χ1v) is 13.2. The Morgan fingerprint density at radius 3 is 2.40 bits per heavy atom. The van der Waals surface area contributed by atoms with Crippen molar-refractivity contribution in [3.8, 4) is 11.6 Å². The molecule has 5 N–H and O–H groups in total. The van der Waals surface area contributed by atoms with Gasteiger partial charge in [-0.05, 0) is 44.1 Å². The number of rotatable bonds is 9. The van der Waals surface area contributed by atoms with E-state index in [2.05, 4.69) is 25.4 Å². The second-order valence-corrected chi connectivity index (χ2v) is 9.65. The maximum Gasteiger partial charge on any atom is 0.335 e. The molecule has 15 nitrogen and oxygen atoms in total. The van der Waals surface area contributed by atoms with Crippen molar-refractivity contribution in [3.63, 3.8) is 0 Å². The number of carboxylic acids is 2. The SMILES string of the molecule is O=C(O)[C@H](O)[C@@H](O)C(=O)O.O=c1cnc2ccc(F)cc2n1CCN1CCC(NCc2cc3c(nn2)OCCO3)CC1. The van der Waals surface area contributed by atoms with Crippen molar-refractivity contribution < 1.29 is 43.9 Å². The van der Waals surface area contributed by atoms with Crippen LogP contribution in [0.1, 0.15) is 18.5 Å². The van der Waals surface area contributed by atoms with Crippen LogP contribution < -0.4 is 20.3 Å². The quantitative estimate of drug-likeness (QED) is 0.207. The molecule has 3 aromatic rings. The van der Waals surface area contributed by atoms with Crippen molar-refractivity contribution in [3.05, 3.63) is 52.3 Å². The third kappa shape index (κ3) is 7.94. The average molecular weight is 591 g/mol. The van der Waals surface area contributed by atoms with Crippen LogP contribution in [0.2, 0.25) is 0 Å². The molecule has 2 atom stereocenters. The Labute approximate surface area is 238 Å². The number of aromatic nitrogens is 4. The summed E-state index contributed by atoms with van der Waals surface area (Å²) in [4.78, 5) is 38.3. The number of fused-ring (bicyclic) bond motifs is 2. The third-order valence-electron chi connectivity index (χ3n) is 6.77. The topological polar surface area (TPSA) is 209 Å². The number of nitrogens with one attached hydrogen (secondary N) is 1. The van der Waals surface area contributed by atoms with Crippen LogP contribution >= 0.6 is 0 Å². The molecule has 4 heterocycles. The van der Waals surface area contributed by atoms with Gasteiger partial charge in [0.25, 0.3) is 11.4 Å². The molecular weight excluding hydrogens is 559 g/mol. The van der Waals surface area contributed by atoms with E-state index in [4.69, 9.17) is 29.9 Å². The van der Waals surface area contributed by atoms with E-state index in [0.29, 0.717) is 55.0 Å². The maximum atomic E-state index is 13.7. The highest BCUT2D eigenvalue weighted by Gasteiger charge is 2.29. The van der Waals surface area contributed by atoms with E-state index in [-0.39, 0.29) is 11.4 Å². The Bertz CT molecular complexity index is 1450. The van der Waals surface area contributed by atoms with Gasteiger partial charge in [-0.1, -0.05) is 0 Å². The maximum absolute atomic E-state index is 13.7. The number of aliphatic carboxylic acids is 2. The first kappa shape index (κ1) is 30.7. The monoisotopic (exact) mass is 590 g/mol. The van der Waals surface area contributed by atoms with Crippen molar-refractivity contribution in [2.24, 2.45) is 0 Å². The van der Waals surface area contributed by atoms with Crippen molar-refractivity contribution in [2.45, 2.75) is 44.2 Å². The van der Waals surface area contributed by atoms with Crippen molar-refractivity contribution in [2.75, 3.05) is 32.8 Å². The fraction of sp³-hybridized carbons (Fsp3) is 0.462. The molecule has 2 aliphatic rings. The molecule has 2 aliphatic heterocycles. The molecule has 1 saturated heterocycles. The predicted octanol–water partition coefficient (Wildman–Crippen LogP) is -0.772. The molecular formula is C26H31FN6O9. The molecule has 0 saturated carbocycles. The summed E-state index contributed by atoms with van der Waals surface area (Å²) in [5.74, 6) is -2.80. The molecule has 0 radical (unpaired) electrons. The molecule has 0 amide bonds. The number of halogens is 1. The van der Waals surface area contributed by atoms with E-state index in [1.165, 1.54) is 18.3 Å². The van der Waals surface area contributed by atoms with Crippen LogP contribution in [0.25, 0.3) is 11.0 Å². The fourth-order valence-corrected chi connectivity index (χ4v) is 4.47. The van der Waals surface area contributed by atoms with Gasteiger partial charge in [0, 0.05) is 31.7 Å². The summed E-state index contributed by atoms with van der Waals surface area (Å²) in [5, 5.41) is 44.4. The van der Waals surface area contributed by atoms with Gasteiger partial charge >= 0.3 is 11.9 Å². The van der Waals surface area contributed by atoms with Crippen LogP contribution in [0.3, 0.4) is 0 Å². The zero-order valence-electron chi connectivity index (χ0n) is 22.4. The molecule has 226 valence electrons. The number of hydrogen-bond donors (Lipinski definition) is 5. The molecule has 42 heavy (non-hydrogen) atoms. The minimum absolute atomic E-state index is 0.208. The third-order valence-corrected chi connectivity index (χ3v) is 6.77. The van der Waals surface area contributed by atoms with E-state index >= 15 is 0 Å². The fourth-order valence-electron chi connectivity index (χ4n) is 4.47. The van der Waals surface area contributed by atoms with E-state index in [0.717, 1.165) is 38.2 Å². The molecule has 0 unspecified atom stereocenters. The van der Waals surface area contributed by atoms with Gasteiger partial charge in [-0.2, -0.15) is 5.10 Å². The molecule has 0 bridgehead atoms. The lowest BCUT2D eigenvalue weighted by Crippen LogP contribution is -2.43. The Kier molecular flexibility index (Phi) is 10.3. The van der Waals surface area contributed by atoms with Crippen molar-refractivity contribution in [1.29, 1.82) is 0 Å². The predicted molar refractivity (Wildman–Crippen MR) is 143 cm³/mol. The zero-order chi connectivity index (χ0) is 30.2. The number of carboxylic acid groups (broad SMARTS) is 2. The summed E-state index contributed by atoms with van der Waals surface area (Å²) in [7, 11) is 0. The summed E-state index contributed by atoms with van der Waals surface area (Å²) in [6.07, 6.45) is -1.23. The standard InChI is InChI=1S/C22H25FN6O3.C4H6O6/c23-15-1-2-18-19(11-15)29(21(30)14-25-18)8-7-28-5-3-16(4-6-28)24-13-17-12-20-22(27-26-17)32-10-9-31-20;5-1(3(7)8)2(6)4(9)10/h1-2,11-12,14,16,24H,3-10,13H2;1-2,5-6H,(H,7,8)(H,9,10)/t;1-,2-/m.1/s1. The minimum atomic E-state index is -2.27. The largest absolute Gasteiger partial charge is 0.484 e. The Balaban J connectivity index is 0.000000349. The first-order valence-electron chi connectivity index (χ1n) is 13.2. The number of aliphatic hydroxyl groups excluding tert-OH is 2. The highest BCUT2D eigenvalue weighted by Crippen LogP contribution is 2.26. The van der Waals surface area contributed by atoms with Gasteiger partial charge in [0.2, 0.25) is 0 Å². The summed E-state index contributed by atoms with van der Waals surface area (Å²) < 4.78 is 26.3. The number of nitrogens with zero attached hydrogens (tertiary/aromatic N) is 5. The number of benzene rings is 1. The van der Waals surface area contributed by atoms with Gasteiger partial charge in [0.1, 0.15) is 19.0 Å². The number of piperidine rings is 1. The lowest BCUT2D eigenvalue weighted by molar-refractivity contribution is -0.165. The van der Waals surface area contributed by atoms with Crippen LogP contribution in [-0.4, -0.2) is 108 Å². The van der Waals surface area contributed by atoms with Gasteiger partial charge in [-0.3, -0.25) is 4.79 Å². The van der Waals surface area contributed by atoms with Crippen molar-refractivity contribution in [1.82, 2.24) is 30.0 Å². The normalized spacial score (nSPS) is 16.7. The summed E-state index contributed by atoms with van der Waals surface area (Å²) in [6, 6.07) is 6.60. The van der Waals surface area contributed by atoms with Crippen LogP contribution in [0.4, 0.5) is 4.39 Å². The van der Waals surface area contributed by atoms with Crippen LogP contribution in [0, 0.1) is 5.82 Å². The molecule has 5 rings (SSSR count). The molecule has 16 heteroatoms. The van der Waals surface area contributed by atoms with Crippen LogP contribution in [0.15, 0.2) is 35.3 Å². The highest BCUT2D eigenvalue weighted by atomic mass is 19.1. The lowest BCUT2D eigenvalue weighted by Gasteiger charge is -2.32. The second-order valence-electron chi connectivity index (χ2n) is 9.65. The molecule has 0 aliphatic carbocycles. The Morgan fingerprint density at radius 2 is 1.71 bits per heavy atom. The van der Waals surface area contributed by atoms with E-state index in [9.17, 15) is 18.8 Å². The number of likely N-dealkylation sites (tertiary alicyclic amines) is 1. The summed E-state index contributed by atoms with van der Waals surface area (Å²) in [6.45, 7) is 4.74. The van der Waals surface area contributed by atoms with Gasteiger partial charge in [-0.15, -0.1) is 5.10 Å². The first-order chi connectivity index (χ1) is 20.1. The zero-order valence-corrected chi connectivity index (χ0v) is 22.4. The van der Waals surface area contributed by atoms with Crippen molar-refractivity contribution >= 4 is 23.0 Å². The molecule has 2 aromatic heterocycles. The van der Waals surface area contributed by atoms with Gasteiger partial charge < -0.3 is 44.7 Å². The molecule has 0 spiro atoms. The number of hydrogen-bond acceptors (Lipinski definition) is 12. The Morgan fingerprint density at radius 1 is 1.02 bits per heavy atom. The van der Waals surface area contributed by atoms with E-state index in [1.807, 2.05) is 6.07 Å². The van der Waals surface area contributed by atoms with E-state index < -0.39 is 24.1 Å². The van der Waals surface area contributed by atoms with Crippen LogP contribution in [0.5, 0.6) is 11.6 Å². The lowest BCUT2D eigenvalue weighted by atomic mass is 10.0. The molecule has 1 aromatic carbocycles. The number of ether oxygens (including phenoxy) is 2. The summed E-state index contributed by atoms with van der Waals surface area (Å²) >= 11 is 0. The summed E-state index contributed by atoms with van der Waals surface area (Å²) in [5.41, 5.74) is 1.78. The second kappa shape index (κ2) is 14.1. The Hall–Kier alpha value is -4.25. The molecule has 1 fully saturated rings. The number of carbonyl (C=O) groups is 2. The van der Waals surface area contributed by atoms with Gasteiger partial charge in [0.05, 0.1) is 22.9 Å². The number of aliphatic hydroxyl groups is 2. The minimum Gasteiger partial charge on any atom is -0.484 e. The smallest absolute Gasteiger partial charge is 0.335 e. The van der Waals surface area contributed by atoms with E-state index in [1.54, 1.807) is 10.6 Å².